The van der Waals surface area contributed by atoms with Gasteiger partial charge in [0.1, 0.15) is 0 Å². The Labute approximate surface area is 169 Å². The van der Waals surface area contributed by atoms with Crippen molar-refractivity contribution in [2.45, 2.75) is 83.6 Å². The van der Waals surface area contributed by atoms with Crippen LogP contribution >= 0.6 is 0 Å². The lowest BCUT2D eigenvalue weighted by Gasteiger charge is -2.42. The Kier molecular flexibility index (Phi) is 4.99. The van der Waals surface area contributed by atoms with Crippen LogP contribution in [0.3, 0.4) is 0 Å². The Morgan fingerprint density at radius 1 is 1.07 bits per heavy atom. The summed E-state index contributed by atoms with van der Waals surface area (Å²) in [6, 6.07) is 9.37. The van der Waals surface area contributed by atoms with E-state index in [0.717, 1.165) is 44.2 Å². The third-order valence-corrected chi connectivity index (χ3v) is 7.13. The van der Waals surface area contributed by atoms with Crippen LogP contribution in [0.5, 0.6) is 0 Å². The van der Waals surface area contributed by atoms with Crippen molar-refractivity contribution in [2.75, 3.05) is 18.0 Å². The molecule has 2 unspecified atom stereocenters. The van der Waals surface area contributed by atoms with Crippen molar-refractivity contribution in [1.82, 2.24) is 4.90 Å². The number of piperidine rings is 1. The molecular formula is C22H33BN2O3. The number of carbonyl (C=O) groups is 1. The van der Waals surface area contributed by atoms with Gasteiger partial charge < -0.3 is 19.1 Å². The largest absolute Gasteiger partial charge is 0.494 e. The molecule has 0 aromatic heterocycles. The molecule has 0 spiro atoms. The topological polar surface area (TPSA) is 42.0 Å². The number of hydrogen-bond donors (Lipinski definition) is 0. The lowest BCUT2D eigenvalue weighted by molar-refractivity contribution is -0.130. The Bertz CT molecular complexity index is 735. The molecule has 3 saturated heterocycles. The summed E-state index contributed by atoms with van der Waals surface area (Å²) in [6.45, 7) is 12.5. The molecule has 3 aliphatic heterocycles. The van der Waals surface area contributed by atoms with Crippen LogP contribution in [-0.4, -0.2) is 54.3 Å². The zero-order chi connectivity index (χ0) is 20.1. The van der Waals surface area contributed by atoms with E-state index in [1.165, 1.54) is 5.69 Å². The monoisotopic (exact) mass is 384 g/mol. The predicted octanol–water partition coefficient (Wildman–Crippen LogP) is 2.97. The molecule has 0 bridgehead atoms. The van der Waals surface area contributed by atoms with Gasteiger partial charge in [0.05, 0.1) is 11.2 Å². The molecule has 2 atom stereocenters. The molecule has 0 radical (unpaired) electrons. The second-order valence-corrected chi connectivity index (χ2v) is 9.59. The van der Waals surface area contributed by atoms with Gasteiger partial charge in [-0.1, -0.05) is 12.1 Å². The summed E-state index contributed by atoms with van der Waals surface area (Å²) >= 11 is 0. The first-order valence-corrected chi connectivity index (χ1v) is 10.7. The lowest BCUT2D eigenvalue weighted by atomic mass is 9.78. The molecule has 3 heterocycles. The van der Waals surface area contributed by atoms with Gasteiger partial charge >= 0.3 is 7.12 Å². The van der Waals surface area contributed by atoms with Gasteiger partial charge in [-0.3, -0.25) is 4.79 Å². The average molecular weight is 384 g/mol. The molecule has 152 valence electrons. The predicted molar refractivity (Wildman–Crippen MR) is 113 cm³/mol. The minimum atomic E-state index is -0.333. The lowest BCUT2D eigenvalue weighted by Crippen LogP contribution is -2.49. The molecule has 6 heteroatoms. The molecule has 3 fully saturated rings. The van der Waals surface area contributed by atoms with Gasteiger partial charge in [-0.15, -0.1) is 0 Å². The molecule has 3 aliphatic rings. The maximum absolute atomic E-state index is 12.1. The number of benzene rings is 1. The van der Waals surface area contributed by atoms with Crippen molar-refractivity contribution in [1.29, 1.82) is 0 Å². The Morgan fingerprint density at radius 2 is 1.79 bits per heavy atom. The highest BCUT2D eigenvalue weighted by molar-refractivity contribution is 6.62. The number of anilines is 1. The van der Waals surface area contributed by atoms with Crippen LogP contribution in [-0.2, 0) is 14.1 Å². The van der Waals surface area contributed by atoms with Gasteiger partial charge in [0.15, 0.2) is 0 Å². The normalized spacial score (nSPS) is 29.6. The number of likely N-dealkylation sites (tertiary alicyclic amines) is 1. The molecule has 1 aromatic carbocycles. The van der Waals surface area contributed by atoms with Crippen molar-refractivity contribution >= 4 is 24.2 Å². The second-order valence-electron chi connectivity index (χ2n) is 9.59. The van der Waals surface area contributed by atoms with E-state index in [9.17, 15) is 4.79 Å². The first-order valence-electron chi connectivity index (χ1n) is 10.7. The number of rotatable bonds is 3. The highest BCUT2D eigenvalue weighted by Crippen LogP contribution is 2.37. The summed E-state index contributed by atoms with van der Waals surface area (Å²) < 4.78 is 12.5. The average Bonchev–Trinajstić information content (AvgIpc) is 3.15. The molecule has 5 nitrogen and oxygen atoms in total. The Hall–Kier alpha value is -1.53. The van der Waals surface area contributed by atoms with E-state index in [2.05, 4.69) is 68.7 Å². The maximum Gasteiger partial charge on any atom is 0.494 e. The molecule has 0 N–H and O–H groups in total. The van der Waals surface area contributed by atoms with Crippen LogP contribution in [0.1, 0.15) is 60.3 Å². The summed E-state index contributed by atoms with van der Waals surface area (Å²) in [6.07, 6.45) is 3.82. The third-order valence-electron chi connectivity index (χ3n) is 7.13. The van der Waals surface area contributed by atoms with E-state index < -0.39 is 0 Å². The molecule has 4 rings (SSSR count). The van der Waals surface area contributed by atoms with E-state index in [1.807, 2.05) is 0 Å². The standard InChI is InChI=1S/C22H33BN2O3/c1-16-14-19(25-12-7-10-20(25)26)11-13-24(16)18-9-6-8-17(15-18)23-27-21(2,3)22(4,5)28-23/h6,8-9,15-16,19H,7,10-14H2,1-5H3. The van der Waals surface area contributed by atoms with Crippen molar-refractivity contribution in [2.24, 2.45) is 0 Å². The van der Waals surface area contributed by atoms with Crippen molar-refractivity contribution < 1.29 is 14.1 Å². The number of amides is 1. The number of nitrogens with zero attached hydrogens (tertiary/aromatic N) is 2. The third kappa shape index (κ3) is 3.46. The Morgan fingerprint density at radius 3 is 2.39 bits per heavy atom. The molecule has 0 aliphatic carbocycles. The quantitative estimate of drug-likeness (QED) is 0.752. The SMILES string of the molecule is CC1CC(N2CCCC2=O)CCN1c1cccc(B2OC(C)(C)C(C)(C)O2)c1. The van der Waals surface area contributed by atoms with Crippen LogP contribution in [0.15, 0.2) is 24.3 Å². The summed E-state index contributed by atoms with van der Waals surface area (Å²) in [5.41, 5.74) is 1.62. The highest BCUT2D eigenvalue weighted by Gasteiger charge is 2.51. The van der Waals surface area contributed by atoms with Gasteiger partial charge in [0, 0.05) is 37.3 Å². The highest BCUT2D eigenvalue weighted by atomic mass is 16.7. The maximum atomic E-state index is 12.1. The van der Waals surface area contributed by atoms with Crippen LogP contribution in [0.4, 0.5) is 5.69 Å². The van der Waals surface area contributed by atoms with Crippen LogP contribution in [0, 0.1) is 0 Å². The molecular weight excluding hydrogens is 351 g/mol. The molecule has 0 saturated carbocycles. The smallest absolute Gasteiger partial charge is 0.399 e. The van der Waals surface area contributed by atoms with Gasteiger partial charge in [-0.2, -0.15) is 0 Å². The van der Waals surface area contributed by atoms with Gasteiger partial charge in [-0.05, 0) is 71.5 Å². The fraction of sp³-hybridized carbons (Fsp3) is 0.682. The van der Waals surface area contributed by atoms with Crippen LogP contribution < -0.4 is 10.4 Å². The zero-order valence-corrected chi connectivity index (χ0v) is 17.9. The first-order chi connectivity index (χ1) is 13.2. The summed E-state index contributed by atoms with van der Waals surface area (Å²) in [5, 5.41) is 0. The van der Waals surface area contributed by atoms with Gasteiger partial charge in [0.2, 0.25) is 5.91 Å². The van der Waals surface area contributed by atoms with E-state index >= 15 is 0 Å². The minimum absolute atomic E-state index is 0.332. The van der Waals surface area contributed by atoms with Gasteiger partial charge in [-0.25, -0.2) is 0 Å². The van der Waals surface area contributed by atoms with Crippen molar-refractivity contribution in [3.63, 3.8) is 0 Å². The van der Waals surface area contributed by atoms with Crippen LogP contribution in [0.2, 0.25) is 0 Å². The molecule has 1 amide bonds. The number of hydrogen-bond acceptors (Lipinski definition) is 4. The minimum Gasteiger partial charge on any atom is -0.399 e. The molecule has 1 aromatic rings. The fourth-order valence-electron chi connectivity index (χ4n) is 4.70. The first kappa shape index (κ1) is 19.8. The van der Waals surface area contributed by atoms with E-state index in [1.54, 1.807) is 0 Å². The van der Waals surface area contributed by atoms with E-state index in [0.29, 0.717) is 18.0 Å². The van der Waals surface area contributed by atoms with Gasteiger partial charge in [0.25, 0.3) is 0 Å². The number of carbonyl (C=O) groups excluding carboxylic acids is 1. The van der Waals surface area contributed by atoms with E-state index in [-0.39, 0.29) is 18.3 Å². The van der Waals surface area contributed by atoms with Crippen molar-refractivity contribution in [3.05, 3.63) is 24.3 Å². The summed E-state index contributed by atoms with van der Waals surface area (Å²) in [5.74, 6) is 0.341. The zero-order valence-electron chi connectivity index (χ0n) is 17.9. The Balaban J connectivity index is 1.47. The molecule has 28 heavy (non-hydrogen) atoms. The fourth-order valence-corrected chi connectivity index (χ4v) is 4.70. The second kappa shape index (κ2) is 7.07. The summed E-state index contributed by atoms with van der Waals surface area (Å²) in [7, 11) is -0.333. The summed E-state index contributed by atoms with van der Waals surface area (Å²) in [4.78, 5) is 16.7. The van der Waals surface area contributed by atoms with Crippen molar-refractivity contribution in [3.8, 4) is 0 Å². The van der Waals surface area contributed by atoms with Crippen LogP contribution in [0.25, 0.3) is 0 Å². The van der Waals surface area contributed by atoms with E-state index in [4.69, 9.17) is 9.31 Å².